The normalized spacial score (nSPS) is 16.7. The summed E-state index contributed by atoms with van der Waals surface area (Å²) >= 11 is 1.86. The van der Waals surface area contributed by atoms with Crippen LogP contribution in [0.25, 0.3) is 5.00 Å². The molecule has 0 spiro atoms. The fourth-order valence-corrected chi connectivity index (χ4v) is 4.50. The summed E-state index contributed by atoms with van der Waals surface area (Å²) in [5.74, 6) is 1.97. The Hall–Kier alpha value is -1.98. The molecular weight excluding hydrogens is 304 g/mol. The number of nitrogens with one attached hydrogen (secondary N) is 1. The Morgan fingerprint density at radius 3 is 2.78 bits per heavy atom. The summed E-state index contributed by atoms with van der Waals surface area (Å²) in [6, 6.07) is 10.9. The molecule has 0 bridgehead atoms. The Labute approximate surface area is 140 Å². The minimum absolute atomic E-state index is 0.209. The zero-order valence-electron chi connectivity index (χ0n) is 13.6. The van der Waals surface area contributed by atoms with Crippen LogP contribution in [0.4, 0.5) is 0 Å². The van der Waals surface area contributed by atoms with Crippen LogP contribution in [0.1, 0.15) is 46.2 Å². The first kappa shape index (κ1) is 14.6. The van der Waals surface area contributed by atoms with Crippen LogP contribution >= 0.6 is 11.3 Å². The van der Waals surface area contributed by atoms with Crippen molar-refractivity contribution in [3.8, 4) is 5.00 Å². The molecule has 1 aromatic carbocycles. The Balaban J connectivity index is 1.85. The number of fused-ring (bicyclic) bond motifs is 3. The number of thiophene rings is 1. The van der Waals surface area contributed by atoms with Gasteiger partial charge in [-0.1, -0.05) is 30.3 Å². The van der Waals surface area contributed by atoms with Crippen molar-refractivity contribution in [1.82, 2.24) is 20.1 Å². The molecule has 0 unspecified atom stereocenters. The van der Waals surface area contributed by atoms with Crippen molar-refractivity contribution in [2.45, 2.75) is 39.8 Å². The van der Waals surface area contributed by atoms with Gasteiger partial charge in [0.05, 0.1) is 6.04 Å². The molecule has 5 heteroatoms. The smallest absolute Gasteiger partial charge is 0.155 e. The SMILES string of the molecule is Cc1sc2c(c1Cc1ccccc1)CN[C@H](C)c1nnc(C)n1-2. The van der Waals surface area contributed by atoms with E-state index in [-0.39, 0.29) is 6.04 Å². The molecule has 0 aliphatic carbocycles. The Morgan fingerprint density at radius 2 is 2.00 bits per heavy atom. The summed E-state index contributed by atoms with van der Waals surface area (Å²) in [6.45, 7) is 7.29. The molecule has 23 heavy (non-hydrogen) atoms. The molecule has 0 saturated heterocycles. The summed E-state index contributed by atoms with van der Waals surface area (Å²) in [5, 5.41) is 13.5. The first-order chi connectivity index (χ1) is 11.1. The van der Waals surface area contributed by atoms with Gasteiger partial charge in [0.1, 0.15) is 10.8 Å². The third-order valence-electron chi connectivity index (χ3n) is 4.55. The van der Waals surface area contributed by atoms with E-state index >= 15 is 0 Å². The monoisotopic (exact) mass is 324 g/mol. The molecule has 0 saturated carbocycles. The summed E-state index contributed by atoms with van der Waals surface area (Å²) in [7, 11) is 0. The highest BCUT2D eigenvalue weighted by Crippen LogP contribution is 2.37. The minimum atomic E-state index is 0.209. The maximum Gasteiger partial charge on any atom is 0.155 e. The van der Waals surface area contributed by atoms with Gasteiger partial charge < -0.3 is 5.32 Å². The van der Waals surface area contributed by atoms with Gasteiger partial charge in [0, 0.05) is 17.0 Å². The number of aryl methyl sites for hydroxylation is 2. The molecule has 3 aromatic rings. The Bertz CT molecular complexity index is 848. The average molecular weight is 324 g/mol. The second-order valence-corrected chi connectivity index (χ2v) is 7.33. The molecule has 0 radical (unpaired) electrons. The number of nitrogens with zero attached hydrogens (tertiary/aromatic N) is 3. The second kappa shape index (κ2) is 5.58. The van der Waals surface area contributed by atoms with E-state index in [2.05, 4.69) is 64.3 Å². The van der Waals surface area contributed by atoms with Gasteiger partial charge in [0.15, 0.2) is 5.82 Å². The van der Waals surface area contributed by atoms with Gasteiger partial charge in [-0.3, -0.25) is 4.57 Å². The Kier molecular flexibility index (Phi) is 3.54. The fourth-order valence-electron chi connectivity index (χ4n) is 3.26. The molecule has 4 rings (SSSR count). The van der Waals surface area contributed by atoms with Crippen LogP contribution in [0.15, 0.2) is 30.3 Å². The first-order valence-corrected chi connectivity index (χ1v) is 8.77. The number of benzene rings is 1. The highest BCUT2D eigenvalue weighted by molar-refractivity contribution is 7.14. The van der Waals surface area contributed by atoms with Crippen LogP contribution in [0.3, 0.4) is 0 Å². The summed E-state index contributed by atoms with van der Waals surface area (Å²) < 4.78 is 2.23. The van der Waals surface area contributed by atoms with Gasteiger partial charge in [-0.05, 0) is 38.3 Å². The lowest BCUT2D eigenvalue weighted by Crippen LogP contribution is -2.18. The summed E-state index contributed by atoms with van der Waals surface area (Å²) in [6.07, 6.45) is 0.977. The van der Waals surface area contributed by atoms with Gasteiger partial charge in [0.25, 0.3) is 0 Å². The van der Waals surface area contributed by atoms with Gasteiger partial charge >= 0.3 is 0 Å². The second-order valence-electron chi connectivity index (χ2n) is 6.13. The van der Waals surface area contributed by atoms with Crippen molar-refractivity contribution in [2.75, 3.05) is 0 Å². The zero-order valence-corrected chi connectivity index (χ0v) is 14.4. The molecule has 1 aliphatic rings. The van der Waals surface area contributed by atoms with E-state index < -0.39 is 0 Å². The van der Waals surface area contributed by atoms with E-state index in [9.17, 15) is 0 Å². The van der Waals surface area contributed by atoms with Gasteiger partial charge in [0.2, 0.25) is 0 Å². The number of aromatic nitrogens is 3. The van der Waals surface area contributed by atoms with Gasteiger partial charge in [-0.25, -0.2) is 0 Å². The van der Waals surface area contributed by atoms with Crippen LogP contribution in [0.2, 0.25) is 0 Å². The maximum absolute atomic E-state index is 4.38. The lowest BCUT2D eigenvalue weighted by atomic mass is 10.0. The van der Waals surface area contributed by atoms with Crippen LogP contribution in [0, 0.1) is 13.8 Å². The quantitative estimate of drug-likeness (QED) is 0.781. The Morgan fingerprint density at radius 1 is 1.22 bits per heavy atom. The molecule has 2 aromatic heterocycles. The highest BCUT2D eigenvalue weighted by Gasteiger charge is 2.27. The predicted octanol–water partition coefficient (Wildman–Crippen LogP) is 3.70. The molecule has 0 amide bonds. The largest absolute Gasteiger partial charge is 0.303 e. The third-order valence-corrected chi connectivity index (χ3v) is 5.72. The molecule has 118 valence electrons. The van der Waals surface area contributed by atoms with E-state index in [1.54, 1.807) is 0 Å². The van der Waals surface area contributed by atoms with Crippen molar-refractivity contribution in [1.29, 1.82) is 0 Å². The van der Waals surface area contributed by atoms with Crippen LogP contribution in [0.5, 0.6) is 0 Å². The van der Waals surface area contributed by atoms with Crippen molar-refractivity contribution >= 4 is 11.3 Å². The highest BCUT2D eigenvalue weighted by atomic mass is 32.1. The van der Waals surface area contributed by atoms with Crippen LogP contribution in [-0.2, 0) is 13.0 Å². The average Bonchev–Trinajstić information content (AvgIpc) is 3.03. The molecular formula is C18H20N4S. The molecule has 1 N–H and O–H groups in total. The predicted molar refractivity (Wildman–Crippen MR) is 93.2 cm³/mol. The third kappa shape index (κ3) is 2.40. The standard InChI is InChI=1S/C18H20N4S/c1-11-17-21-20-13(3)22(17)18-16(10-19-11)15(12(2)23-18)9-14-7-5-4-6-8-14/h4-8,11,19H,9-10H2,1-3H3/t11-/m1/s1. The van der Waals surface area contributed by atoms with Crippen molar-refractivity contribution in [2.24, 2.45) is 0 Å². The maximum atomic E-state index is 4.38. The van der Waals surface area contributed by atoms with Crippen LogP contribution in [-0.4, -0.2) is 14.8 Å². The van der Waals surface area contributed by atoms with Gasteiger partial charge in [-0.2, -0.15) is 0 Å². The molecule has 1 aliphatic heterocycles. The van der Waals surface area contributed by atoms with Crippen molar-refractivity contribution in [3.05, 3.63) is 63.5 Å². The van der Waals surface area contributed by atoms with Crippen molar-refractivity contribution < 1.29 is 0 Å². The van der Waals surface area contributed by atoms with Crippen LogP contribution < -0.4 is 5.32 Å². The summed E-state index contributed by atoms with van der Waals surface area (Å²) in [4.78, 5) is 1.38. The van der Waals surface area contributed by atoms with E-state index in [4.69, 9.17) is 0 Å². The first-order valence-electron chi connectivity index (χ1n) is 7.96. The van der Waals surface area contributed by atoms with E-state index in [1.807, 2.05) is 18.3 Å². The molecule has 0 fully saturated rings. The fraction of sp³-hybridized carbons (Fsp3) is 0.333. The lowest BCUT2D eigenvalue weighted by Gasteiger charge is -2.09. The van der Waals surface area contributed by atoms with E-state index in [0.717, 1.165) is 24.6 Å². The van der Waals surface area contributed by atoms with E-state index in [0.29, 0.717) is 0 Å². The van der Waals surface area contributed by atoms with Crippen molar-refractivity contribution in [3.63, 3.8) is 0 Å². The van der Waals surface area contributed by atoms with E-state index in [1.165, 1.54) is 26.6 Å². The molecule has 4 nitrogen and oxygen atoms in total. The van der Waals surface area contributed by atoms with Gasteiger partial charge in [-0.15, -0.1) is 21.5 Å². The number of rotatable bonds is 2. The minimum Gasteiger partial charge on any atom is -0.303 e. The zero-order chi connectivity index (χ0) is 16.0. The topological polar surface area (TPSA) is 42.7 Å². The number of hydrogen-bond acceptors (Lipinski definition) is 4. The molecule has 3 heterocycles. The lowest BCUT2D eigenvalue weighted by molar-refractivity contribution is 0.551. The number of hydrogen-bond donors (Lipinski definition) is 1. The molecule has 1 atom stereocenters. The summed E-state index contributed by atoms with van der Waals surface area (Å²) in [5.41, 5.74) is 4.19.